The number of fused-ring (bicyclic) bond motifs is 1. The lowest BCUT2D eigenvalue weighted by molar-refractivity contribution is -0.122. The molecule has 0 radical (unpaired) electrons. The Balaban J connectivity index is 2.10. The van der Waals surface area contributed by atoms with Crippen molar-refractivity contribution in [1.29, 1.82) is 0 Å². The van der Waals surface area contributed by atoms with Gasteiger partial charge in [0, 0.05) is 30.7 Å². The van der Waals surface area contributed by atoms with Gasteiger partial charge in [0.1, 0.15) is 12.4 Å². The van der Waals surface area contributed by atoms with Crippen molar-refractivity contribution in [3.05, 3.63) is 23.4 Å². The summed E-state index contributed by atoms with van der Waals surface area (Å²) in [5, 5.41) is 10.0. The number of rotatable bonds is 7. The van der Waals surface area contributed by atoms with E-state index in [1.54, 1.807) is 36.6 Å². The zero-order chi connectivity index (χ0) is 15.9. The number of hydrogen-bond acceptors (Lipinski definition) is 5. The van der Waals surface area contributed by atoms with Crippen LogP contribution in [0.25, 0.3) is 0 Å². The molecule has 0 aromatic carbocycles. The maximum atomic E-state index is 11.9. The first-order chi connectivity index (χ1) is 10.7. The van der Waals surface area contributed by atoms with E-state index in [1.807, 2.05) is 0 Å². The average Bonchev–Trinajstić information content (AvgIpc) is 3.03. The molecule has 2 amide bonds. The molecule has 0 aliphatic carbocycles. The molecule has 8 heteroatoms. The number of nitrogens with zero attached hydrogens (tertiary/aromatic N) is 2. The Morgan fingerprint density at radius 3 is 3.00 bits per heavy atom. The van der Waals surface area contributed by atoms with Crippen molar-refractivity contribution in [2.45, 2.75) is 25.0 Å². The number of carbonyl (C=O) groups excluding carboxylic acids is 2. The fourth-order valence-corrected chi connectivity index (χ4v) is 3.15. The Morgan fingerprint density at radius 1 is 1.45 bits per heavy atom. The predicted octanol–water partition coefficient (Wildman–Crippen LogP) is 0.907. The minimum atomic E-state index is -0.219. The molecule has 0 bridgehead atoms. The van der Waals surface area contributed by atoms with Gasteiger partial charge in [0.05, 0.1) is 12.3 Å². The predicted molar refractivity (Wildman–Crippen MR) is 85.6 cm³/mol. The Hall–Kier alpha value is -1.80. The van der Waals surface area contributed by atoms with E-state index < -0.39 is 0 Å². The molecule has 0 spiro atoms. The van der Waals surface area contributed by atoms with Crippen molar-refractivity contribution < 1.29 is 14.3 Å². The third-order valence-corrected chi connectivity index (χ3v) is 4.07. The molecule has 1 aromatic rings. The third-order valence-electron chi connectivity index (χ3n) is 3.10. The van der Waals surface area contributed by atoms with Crippen LogP contribution in [0.5, 0.6) is 0 Å². The van der Waals surface area contributed by atoms with Crippen LogP contribution in [0.15, 0.2) is 12.2 Å². The lowest BCUT2D eigenvalue weighted by Gasteiger charge is -2.10. The van der Waals surface area contributed by atoms with Gasteiger partial charge >= 0.3 is 0 Å². The van der Waals surface area contributed by atoms with Crippen LogP contribution < -0.4 is 10.6 Å². The monoisotopic (exact) mass is 324 g/mol. The SMILES string of the molecule is C/C=C\C(=O)Nc1c2c(nn1CC(=O)NCCOC)CSC2. The second-order valence-electron chi connectivity index (χ2n) is 4.76. The Morgan fingerprint density at radius 2 is 2.27 bits per heavy atom. The summed E-state index contributed by atoms with van der Waals surface area (Å²) in [6.07, 6.45) is 3.12. The van der Waals surface area contributed by atoms with Crippen molar-refractivity contribution in [1.82, 2.24) is 15.1 Å². The first-order valence-electron chi connectivity index (χ1n) is 7.01. The van der Waals surface area contributed by atoms with Gasteiger partial charge in [-0.15, -0.1) is 0 Å². The minimum Gasteiger partial charge on any atom is -0.383 e. The number of allylic oxidation sites excluding steroid dienone is 1. The second-order valence-corrected chi connectivity index (χ2v) is 5.74. The topological polar surface area (TPSA) is 85.2 Å². The highest BCUT2D eigenvalue weighted by Gasteiger charge is 2.24. The van der Waals surface area contributed by atoms with Crippen molar-refractivity contribution in [3.63, 3.8) is 0 Å². The molecule has 120 valence electrons. The normalized spacial score (nSPS) is 13.4. The van der Waals surface area contributed by atoms with E-state index in [9.17, 15) is 9.59 Å². The van der Waals surface area contributed by atoms with Crippen LogP contribution in [0.4, 0.5) is 5.82 Å². The molecule has 2 N–H and O–H groups in total. The summed E-state index contributed by atoms with van der Waals surface area (Å²) in [4.78, 5) is 23.7. The number of carbonyl (C=O) groups is 2. The molecule has 2 rings (SSSR count). The van der Waals surface area contributed by atoms with E-state index in [0.29, 0.717) is 19.0 Å². The molecule has 2 heterocycles. The summed E-state index contributed by atoms with van der Waals surface area (Å²) in [6, 6.07) is 0. The highest BCUT2D eigenvalue weighted by molar-refractivity contribution is 7.98. The standard InChI is InChI=1S/C14H20N4O3S/c1-3-4-12(19)16-14-10-8-22-9-11(10)17-18(14)7-13(20)15-5-6-21-2/h3-4H,5-9H2,1-2H3,(H,15,20)(H,16,19)/b4-3-. The molecule has 0 saturated heterocycles. The second kappa shape index (κ2) is 8.00. The van der Waals surface area contributed by atoms with E-state index in [-0.39, 0.29) is 18.4 Å². The van der Waals surface area contributed by atoms with Crippen molar-refractivity contribution in [2.24, 2.45) is 0 Å². The number of thioether (sulfide) groups is 1. The molecular formula is C14H20N4O3S. The number of ether oxygens (including phenoxy) is 1. The van der Waals surface area contributed by atoms with Crippen LogP contribution in [0.1, 0.15) is 18.2 Å². The first-order valence-corrected chi connectivity index (χ1v) is 8.16. The van der Waals surface area contributed by atoms with E-state index in [1.165, 1.54) is 6.08 Å². The minimum absolute atomic E-state index is 0.0762. The molecule has 1 aromatic heterocycles. The van der Waals surface area contributed by atoms with Gasteiger partial charge in [-0.2, -0.15) is 16.9 Å². The van der Waals surface area contributed by atoms with Gasteiger partial charge in [-0.1, -0.05) is 6.08 Å². The molecule has 1 aliphatic heterocycles. The largest absolute Gasteiger partial charge is 0.383 e. The molecule has 0 fully saturated rings. The number of nitrogens with one attached hydrogen (secondary N) is 2. The van der Waals surface area contributed by atoms with E-state index in [4.69, 9.17) is 4.74 Å². The fraction of sp³-hybridized carbons (Fsp3) is 0.500. The smallest absolute Gasteiger partial charge is 0.249 e. The molecule has 0 unspecified atom stereocenters. The molecule has 0 saturated carbocycles. The number of methoxy groups -OCH3 is 1. The number of amides is 2. The summed E-state index contributed by atoms with van der Waals surface area (Å²) in [5.74, 6) is 1.84. The van der Waals surface area contributed by atoms with Gasteiger partial charge in [0.2, 0.25) is 11.8 Å². The Labute approximate surface area is 133 Å². The van der Waals surface area contributed by atoms with E-state index >= 15 is 0 Å². The van der Waals surface area contributed by atoms with Crippen LogP contribution in [0.2, 0.25) is 0 Å². The highest BCUT2D eigenvalue weighted by Crippen LogP contribution is 2.34. The van der Waals surface area contributed by atoms with Crippen molar-refractivity contribution in [2.75, 3.05) is 25.6 Å². The molecule has 0 atom stereocenters. The average molecular weight is 324 g/mol. The lowest BCUT2D eigenvalue weighted by Crippen LogP contribution is -2.31. The number of aromatic nitrogens is 2. The summed E-state index contributed by atoms with van der Waals surface area (Å²) in [5.41, 5.74) is 1.94. The Bertz CT molecular complexity index is 583. The fourth-order valence-electron chi connectivity index (χ4n) is 2.11. The van der Waals surface area contributed by atoms with Crippen LogP contribution in [0.3, 0.4) is 0 Å². The maximum Gasteiger partial charge on any atom is 0.249 e. The van der Waals surface area contributed by atoms with Crippen LogP contribution in [-0.4, -0.2) is 41.9 Å². The van der Waals surface area contributed by atoms with Gasteiger partial charge in [0.25, 0.3) is 0 Å². The summed E-state index contributed by atoms with van der Waals surface area (Å²) in [6.45, 7) is 2.77. The quantitative estimate of drug-likeness (QED) is 0.575. The van der Waals surface area contributed by atoms with Gasteiger partial charge in [0.15, 0.2) is 0 Å². The molecular weight excluding hydrogens is 304 g/mol. The molecule has 22 heavy (non-hydrogen) atoms. The van der Waals surface area contributed by atoms with Gasteiger partial charge in [-0.25, -0.2) is 4.68 Å². The van der Waals surface area contributed by atoms with Crippen LogP contribution in [0, 0.1) is 0 Å². The van der Waals surface area contributed by atoms with Gasteiger partial charge in [-0.3, -0.25) is 9.59 Å². The van der Waals surface area contributed by atoms with Gasteiger partial charge < -0.3 is 15.4 Å². The van der Waals surface area contributed by atoms with Crippen molar-refractivity contribution >= 4 is 29.4 Å². The zero-order valence-electron chi connectivity index (χ0n) is 12.7. The van der Waals surface area contributed by atoms with E-state index in [0.717, 1.165) is 22.8 Å². The summed E-state index contributed by atoms with van der Waals surface area (Å²) < 4.78 is 6.45. The lowest BCUT2D eigenvalue weighted by atomic mass is 10.3. The first kappa shape index (κ1) is 16.6. The molecule has 7 nitrogen and oxygen atoms in total. The van der Waals surface area contributed by atoms with Gasteiger partial charge in [-0.05, 0) is 13.0 Å². The molecule has 1 aliphatic rings. The van der Waals surface area contributed by atoms with Crippen LogP contribution >= 0.6 is 11.8 Å². The Kier molecular flexibility index (Phi) is 6.02. The zero-order valence-corrected chi connectivity index (χ0v) is 13.5. The number of anilines is 1. The summed E-state index contributed by atoms with van der Waals surface area (Å²) >= 11 is 1.75. The summed E-state index contributed by atoms with van der Waals surface area (Å²) in [7, 11) is 1.58. The van der Waals surface area contributed by atoms with E-state index in [2.05, 4.69) is 15.7 Å². The van der Waals surface area contributed by atoms with Crippen molar-refractivity contribution in [3.8, 4) is 0 Å². The third kappa shape index (κ3) is 4.11. The highest BCUT2D eigenvalue weighted by atomic mass is 32.2. The maximum absolute atomic E-state index is 11.9. The van der Waals surface area contributed by atoms with Crippen LogP contribution in [-0.2, 0) is 32.4 Å². The number of hydrogen-bond donors (Lipinski definition) is 2.